The number of hydrogen-bond acceptors (Lipinski definition) is 3. The number of para-hydroxylation sites is 1. The fourth-order valence-corrected chi connectivity index (χ4v) is 7.07. The number of benzene rings is 4. The van der Waals surface area contributed by atoms with Crippen LogP contribution >= 0.6 is 0 Å². The van der Waals surface area contributed by atoms with Gasteiger partial charge in [-0.2, -0.15) is 0 Å². The maximum absolute atomic E-state index is 4.85. The second kappa shape index (κ2) is 18.2. The van der Waals surface area contributed by atoms with Gasteiger partial charge in [-0.1, -0.05) is 135 Å². The highest BCUT2D eigenvalue weighted by molar-refractivity contribution is 5.81. The molecule has 0 radical (unpaired) electrons. The van der Waals surface area contributed by atoms with Gasteiger partial charge in [-0.25, -0.2) is 4.98 Å². The molecule has 3 heterocycles. The molecule has 3 heteroatoms. The fourth-order valence-electron chi connectivity index (χ4n) is 7.07. The zero-order valence-electron chi connectivity index (χ0n) is 30.3. The quantitative estimate of drug-likeness (QED) is 0.0899. The third kappa shape index (κ3) is 9.88. The van der Waals surface area contributed by atoms with Gasteiger partial charge in [0.05, 0.1) is 22.6 Å². The molecular weight excluding hydrogens is 631 g/mol. The van der Waals surface area contributed by atoms with Gasteiger partial charge in [-0.15, -0.1) is 0 Å². The van der Waals surface area contributed by atoms with Crippen molar-refractivity contribution in [2.24, 2.45) is 0 Å². The van der Waals surface area contributed by atoms with Gasteiger partial charge in [0.15, 0.2) is 0 Å². The first-order valence-electron chi connectivity index (χ1n) is 19.3. The van der Waals surface area contributed by atoms with E-state index < -0.39 is 0 Å². The van der Waals surface area contributed by atoms with Gasteiger partial charge in [-0.3, -0.25) is 9.97 Å². The predicted octanol–water partition coefficient (Wildman–Crippen LogP) is 12.7. The molecule has 0 aliphatic carbocycles. The molecule has 0 saturated heterocycles. The summed E-state index contributed by atoms with van der Waals surface area (Å²) in [4.78, 5) is 14.2. The Hall–Kier alpha value is -5.41. The number of pyridine rings is 3. The molecule has 0 saturated carbocycles. The predicted molar refractivity (Wildman–Crippen MR) is 218 cm³/mol. The van der Waals surface area contributed by atoms with Gasteiger partial charge in [0.1, 0.15) is 0 Å². The number of aromatic nitrogens is 3. The molecule has 0 N–H and O–H groups in total. The highest BCUT2D eigenvalue weighted by Crippen LogP contribution is 2.24. The summed E-state index contributed by atoms with van der Waals surface area (Å²) in [5.74, 6) is 0. The molecule has 4 aromatic carbocycles. The van der Waals surface area contributed by atoms with E-state index in [-0.39, 0.29) is 0 Å². The second-order valence-electron chi connectivity index (χ2n) is 14.1. The van der Waals surface area contributed by atoms with Crippen LogP contribution in [-0.2, 0) is 25.7 Å². The Kier molecular flexibility index (Phi) is 12.2. The van der Waals surface area contributed by atoms with Gasteiger partial charge in [0.2, 0.25) is 0 Å². The molecule has 7 rings (SSSR count). The van der Waals surface area contributed by atoms with Crippen molar-refractivity contribution < 1.29 is 0 Å². The monoisotopic (exact) mass is 679 g/mol. The minimum absolute atomic E-state index is 1.04. The molecule has 0 aliphatic heterocycles. The van der Waals surface area contributed by atoms with Crippen molar-refractivity contribution in [2.75, 3.05) is 0 Å². The van der Waals surface area contributed by atoms with Crippen LogP contribution in [0.4, 0.5) is 0 Å². The lowest BCUT2D eigenvalue weighted by molar-refractivity contribution is 0.640. The average molecular weight is 680 g/mol. The molecule has 0 unspecified atom stereocenters. The summed E-state index contributed by atoms with van der Waals surface area (Å²) in [5, 5.41) is 1.18. The lowest BCUT2D eigenvalue weighted by Gasteiger charge is -2.08. The van der Waals surface area contributed by atoms with Crippen LogP contribution in [0, 0.1) is 0 Å². The minimum atomic E-state index is 1.04. The van der Waals surface area contributed by atoms with Crippen LogP contribution in [0.25, 0.3) is 44.7 Å². The second-order valence-corrected chi connectivity index (χ2v) is 14.1. The van der Waals surface area contributed by atoms with Crippen LogP contribution in [0.1, 0.15) is 73.6 Å². The van der Waals surface area contributed by atoms with Crippen LogP contribution in [0.3, 0.4) is 0 Å². The molecule has 0 aliphatic rings. The highest BCUT2D eigenvalue weighted by atomic mass is 14.7. The van der Waals surface area contributed by atoms with E-state index in [1.165, 1.54) is 95.7 Å². The largest absolute Gasteiger partial charge is 0.256 e. The van der Waals surface area contributed by atoms with Gasteiger partial charge in [-0.05, 0) is 104 Å². The first kappa shape index (κ1) is 35.0. The lowest BCUT2D eigenvalue weighted by atomic mass is 10.00. The van der Waals surface area contributed by atoms with Crippen molar-refractivity contribution >= 4 is 10.9 Å². The van der Waals surface area contributed by atoms with Crippen molar-refractivity contribution in [3.63, 3.8) is 0 Å². The third-order valence-electron chi connectivity index (χ3n) is 10.2. The van der Waals surface area contributed by atoms with E-state index in [1.807, 2.05) is 24.5 Å². The lowest BCUT2D eigenvalue weighted by Crippen LogP contribution is -1.92. The molecule has 52 heavy (non-hydrogen) atoms. The maximum atomic E-state index is 4.85. The zero-order chi connectivity index (χ0) is 35.2. The van der Waals surface area contributed by atoms with Gasteiger partial charge in [0.25, 0.3) is 0 Å². The van der Waals surface area contributed by atoms with E-state index in [2.05, 4.69) is 132 Å². The Bertz CT molecular complexity index is 2120. The SMILES string of the molecule is c1ccc(-c2ccc(CCCCCCc3ccnc(-c4ccc(CCCCCCc5ccc(-c6ccc7ccccc7n6)cc5)cc4)c3)cn2)cc1. The highest BCUT2D eigenvalue weighted by Gasteiger charge is 2.05. The van der Waals surface area contributed by atoms with Crippen LogP contribution in [0.15, 0.2) is 152 Å². The molecule has 7 aromatic rings. The normalized spacial score (nSPS) is 11.2. The molecule has 260 valence electrons. The van der Waals surface area contributed by atoms with Gasteiger partial charge in [0, 0.05) is 34.5 Å². The van der Waals surface area contributed by atoms with Crippen molar-refractivity contribution in [3.05, 3.63) is 174 Å². The number of hydrogen-bond donors (Lipinski definition) is 0. The average Bonchev–Trinajstić information content (AvgIpc) is 3.21. The summed E-state index contributed by atoms with van der Waals surface area (Å²) in [5.41, 5.74) is 13.3. The summed E-state index contributed by atoms with van der Waals surface area (Å²) >= 11 is 0. The number of unbranched alkanes of at least 4 members (excludes halogenated alkanes) is 6. The Balaban J connectivity index is 0.771. The number of aryl methyl sites for hydroxylation is 4. The molecular formula is C49H49N3. The number of rotatable bonds is 17. The van der Waals surface area contributed by atoms with E-state index in [0.29, 0.717) is 0 Å². The Morgan fingerprint density at radius 3 is 1.54 bits per heavy atom. The van der Waals surface area contributed by atoms with E-state index in [0.717, 1.165) is 48.3 Å². The van der Waals surface area contributed by atoms with E-state index >= 15 is 0 Å². The maximum Gasteiger partial charge on any atom is 0.0709 e. The first-order valence-corrected chi connectivity index (χ1v) is 19.3. The minimum Gasteiger partial charge on any atom is -0.256 e. The Morgan fingerprint density at radius 2 is 0.885 bits per heavy atom. The number of nitrogens with zero attached hydrogens (tertiary/aromatic N) is 3. The molecule has 0 bridgehead atoms. The molecule has 0 amide bonds. The summed E-state index contributed by atoms with van der Waals surface area (Å²) in [6.07, 6.45) is 18.4. The standard InChI is InChI=1S/C49H49N3/c1(6-14-38-22-27-44(28-23-38)48-33-31-43-20-12-13-21-47(43)52-48)2-7-15-39-24-29-45(30-25-39)49-36-40(34-35-50-49)16-8-3-4-9-17-41-26-32-46(51-37-41)42-18-10-5-11-19-42/h5,10-13,18-37H,1-4,6-9,14-17H2. The summed E-state index contributed by atoms with van der Waals surface area (Å²) < 4.78 is 0. The summed E-state index contributed by atoms with van der Waals surface area (Å²) in [6, 6.07) is 49.9. The summed E-state index contributed by atoms with van der Waals surface area (Å²) in [6.45, 7) is 0. The van der Waals surface area contributed by atoms with E-state index in [1.54, 1.807) is 0 Å². The van der Waals surface area contributed by atoms with Crippen molar-refractivity contribution in [1.82, 2.24) is 15.0 Å². The van der Waals surface area contributed by atoms with Crippen molar-refractivity contribution in [3.8, 4) is 33.8 Å². The van der Waals surface area contributed by atoms with Gasteiger partial charge >= 0.3 is 0 Å². The zero-order valence-corrected chi connectivity index (χ0v) is 30.3. The topological polar surface area (TPSA) is 38.7 Å². The molecule has 0 spiro atoms. The molecule has 3 nitrogen and oxygen atoms in total. The van der Waals surface area contributed by atoms with Gasteiger partial charge < -0.3 is 0 Å². The van der Waals surface area contributed by atoms with Crippen molar-refractivity contribution in [2.45, 2.75) is 77.0 Å². The fraction of sp³-hybridized carbons (Fsp3) is 0.245. The van der Waals surface area contributed by atoms with E-state index in [4.69, 9.17) is 9.97 Å². The molecule has 0 fully saturated rings. The smallest absolute Gasteiger partial charge is 0.0709 e. The number of fused-ring (bicyclic) bond motifs is 1. The molecule has 3 aromatic heterocycles. The summed E-state index contributed by atoms with van der Waals surface area (Å²) in [7, 11) is 0. The van der Waals surface area contributed by atoms with E-state index in [9.17, 15) is 0 Å². The van der Waals surface area contributed by atoms with Crippen LogP contribution in [0.2, 0.25) is 0 Å². The van der Waals surface area contributed by atoms with Crippen LogP contribution in [-0.4, -0.2) is 15.0 Å². The van der Waals surface area contributed by atoms with Crippen molar-refractivity contribution in [1.29, 1.82) is 0 Å². The molecule has 0 atom stereocenters. The third-order valence-corrected chi connectivity index (χ3v) is 10.2. The Labute approximate surface area is 309 Å². The van der Waals surface area contributed by atoms with Crippen LogP contribution < -0.4 is 0 Å². The Morgan fingerprint density at radius 1 is 0.346 bits per heavy atom. The van der Waals surface area contributed by atoms with Crippen LogP contribution in [0.5, 0.6) is 0 Å². The first-order chi connectivity index (χ1) is 25.8.